The second kappa shape index (κ2) is 7.21. The summed E-state index contributed by atoms with van der Waals surface area (Å²) in [4.78, 5) is 38.0. The Bertz CT molecular complexity index is 664. The van der Waals surface area contributed by atoms with Gasteiger partial charge in [0.1, 0.15) is 12.1 Å². The molecule has 1 aliphatic heterocycles. The Morgan fingerprint density at radius 3 is 2.67 bits per heavy atom. The minimum Gasteiger partial charge on any atom is -0.352 e. The van der Waals surface area contributed by atoms with Crippen LogP contribution < -0.4 is 10.6 Å². The fourth-order valence-corrected chi connectivity index (χ4v) is 3.18. The SMILES string of the molecule is CCC[C@@H](C)NC(=O)CN1C(=O)N[C@@](C)(c2ccccc2Cl)C1=O. The fraction of sp³-hybridized carbons (Fsp3) is 0.471. The number of rotatable bonds is 6. The summed E-state index contributed by atoms with van der Waals surface area (Å²) in [5, 5.41) is 5.82. The van der Waals surface area contributed by atoms with Crippen LogP contribution in [0.15, 0.2) is 24.3 Å². The highest BCUT2D eigenvalue weighted by Gasteiger charge is 2.50. The average molecular weight is 352 g/mol. The highest BCUT2D eigenvalue weighted by atomic mass is 35.5. The Balaban J connectivity index is 2.14. The van der Waals surface area contributed by atoms with Gasteiger partial charge in [0.2, 0.25) is 5.91 Å². The molecule has 2 rings (SSSR count). The van der Waals surface area contributed by atoms with Crippen LogP contribution >= 0.6 is 11.6 Å². The zero-order chi connectivity index (χ0) is 17.9. The average Bonchev–Trinajstić information content (AvgIpc) is 2.72. The summed E-state index contributed by atoms with van der Waals surface area (Å²) in [7, 11) is 0. The Morgan fingerprint density at radius 2 is 2.04 bits per heavy atom. The van der Waals surface area contributed by atoms with E-state index in [0.717, 1.165) is 17.7 Å². The molecule has 2 atom stereocenters. The second-order valence-corrected chi connectivity index (χ2v) is 6.59. The van der Waals surface area contributed by atoms with Crippen molar-refractivity contribution in [2.24, 2.45) is 0 Å². The van der Waals surface area contributed by atoms with Gasteiger partial charge in [-0.25, -0.2) is 4.79 Å². The normalized spacial score (nSPS) is 21.6. The van der Waals surface area contributed by atoms with Crippen LogP contribution in [0.25, 0.3) is 0 Å². The number of hydrogen-bond acceptors (Lipinski definition) is 3. The van der Waals surface area contributed by atoms with Crippen LogP contribution in [0, 0.1) is 0 Å². The molecule has 2 N–H and O–H groups in total. The Labute approximate surface area is 146 Å². The zero-order valence-corrected chi connectivity index (χ0v) is 14.8. The third kappa shape index (κ3) is 3.53. The third-order valence-electron chi connectivity index (χ3n) is 4.12. The van der Waals surface area contributed by atoms with E-state index in [-0.39, 0.29) is 18.5 Å². The summed E-state index contributed by atoms with van der Waals surface area (Å²) in [6.07, 6.45) is 1.78. The first-order valence-electron chi connectivity index (χ1n) is 7.98. The van der Waals surface area contributed by atoms with E-state index < -0.39 is 17.5 Å². The molecule has 1 heterocycles. The lowest BCUT2D eigenvalue weighted by Gasteiger charge is -2.23. The molecule has 130 valence electrons. The lowest BCUT2D eigenvalue weighted by Crippen LogP contribution is -2.45. The third-order valence-corrected chi connectivity index (χ3v) is 4.45. The lowest BCUT2D eigenvalue weighted by atomic mass is 9.92. The molecule has 0 bridgehead atoms. The molecule has 1 saturated heterocycles. The summed E-state index contributed by atoms with van der Waals surface area (Å²) in [6, 6.07) is 6.24. The molecule has 0 saturated carbocycles. The molecule has 1 aliphatic rings. The van der Waals surface area contributed by atoms with Gasteiger partial charge < -0.3 is 10.6 Å². The van der Waals surface area contributed by atoms with Crippen LogP contribution in [-0.2, 0) is 15.1 Å². The van der Waals surface area contributed by atoms with Crippen molar-refractivity contribution >= 4 is 29.4 Å². The van der Waals surface area contributed by atoms with Gasteiger partial charge in [-0.05, 0) is 26.3 Å². The molecular formula is C17H22ClN3O3. The number of urea groups is 1. The Kier molecular flexibility index (Phi) is 5.49. The summed E-state index contributed by atoms with van der Waals surface area (Å²) in [5.74, 6) is -0.846. The number of imide groups is 1. The summed E-state index contributed by atoms with van der Waals surface area (Å²) >= 11 is 6.16. The largest absolute Gasteiger partial charge is 0.352 e. The van der Waals surface area contributed by atoms with Gasteiger partial charge in [-0.2, -0.15) is 0 Å². The Morgan fingerprint density at radius 1 is 1.38 bits per heavy atom. The van der Waals surface area contributed by atoms with E-state index in [1.54, 1.807) is 31.2 Å². The number of halogens is 1. The molecular weight excluding hydrogens is 330 g/mol. The number of amides is 4. The number of hydrogen-bond donors (Lipinski definition) is 2. The van der Waals surface area contributed by atoms with Crippen molar-refractivity contribution in [3.05, 3.63) is 34.9 Å². The van der Waals surface area contributed by atoms with E-state index in [0.29, 0.717) is 10.6 Å². The fourth-order valence-electron chi connectivity index (χ4n) is 2.86. The van der Waals surface area contributed by atoms with Gasteiger partial charge >= 0.3 is 6.03 Å². The smallest absolute Gasteiger partial charge is 0.325 e. The lowest BCUT2D eigenvalue weighted by molar-refractivity contribution is -0.135. The van der Waals surface area contributed by atoms with Crippen molar-refractivity contribution in [1.82, 2.24) is 15.5 Å². The summed E-state index contributed by atoms with van der Waals surface area (Å²) in [5.41, 5.74) is -0.766. The molecule has 0 spiro atoms. The standard InChI is InChI=1S/C17H22ClN3O3/c1-4-7-11(2)19-14(22)10-21-15(23)17(3,20-16(21)24)12-8-5-6-9-13(12)18/h5-6,8-9,11H,4,7,10H2,1-3H3,(H,19,22)(H,20,24)/t11-,17+/m1/s1. The minimum atomic E-state index is -1.27. The number of nitrogens with one attached hydrogen (secondary N) is 2. The van der Waals surface area contributed by atoms with E-state index in [2.05, 4.69) is 10.6 Å². The van der Waals surface area contributed by atoms with E-state index in [4.69, 9.17) is 11.6 Å². The molecule has 4 amide bonds. The number of benzene rings is 1. The van der Waals surface area contributed by atoms with Crippen LogP contribution in [0.1, 0.15) is 39.2 Å². The van der Waals surface area contributed by atoms with Gasteiger partial charge in [-0.1, -0.05) is 43.1 Å². The summed E-state index contributed by atoms with van der Waals surface area (Å²) in [6.45, 7) is 5.20. The van der Waals surface area contributed by atoms with Gasteiger partial charge in [0, 0.05) is 16.6 Å². The Hall–Kier alpha value is -2.08. The van der Waals surface area contributed by atoms with Gasteiger partial charge in [0.15, 0.2) is 0 Å². The van der Waals surface area contributed by atoms with Gasteiger partial charge in [0.25, 0.3) is 5.91 Å². The molecule has 0 aliphatic carbocycles. The molecule has 24 heavy (non-hydrogen) atoms. The highest BCUT2D eigenvalue weighted by Crippen LogP contribution is 2.33. The number of carbonyl (C=O) groups excluding carboxylic acids is 3. The zero-order valence-electron chi connectivity index (χ0n) is 14.1. The molecule has 6 nitrogen and oxygen atoms in total. The van der Waals surface area contributed by atoms with E-state index in [9.17, 15) is 14.4 Å². The van der Waals surface area contributed by atoms with Crippen molar-refractivity contribution in [3.8, 4) is 0 Å². The topological polar surface area (TPSA) is 78.5 Å². The van der Waals surface area contributed by atoms with E-state index in [1.807, 2.05) is 13.8 Å². The van der Waals surface area contributed by atoms with Crippen LogP contribution in [0.4, 0.5) is 4.79 Å². The van der Waals surface area contributed by atoms with E-state index in [1.165, 1.54) is 0 Å². The van der Waals surface area contributed by atoms with Crippen molar-refractivity contribution in [2.75, 3.05) is 6.54 Å². The van der Waals surface area contributed by atoms with Gasteiger partial charge in [0.05, 0.1) is 0 Å². The monoisotopic (exact) mass is 351 g/mol. The summed E-state index contributed by atoms with van der Waals surface area (Å²) < 4.78 is 0. The van der Waals surface area contributed by atoms with Crippen molar-refractivity contribution in [2.45, 2.75) is 45.2 Å². The highest BCUT2D eigenvalue weighted by molar-refractivity contribution is 6.32. The molecule has 0 aromatic heterocycles. The maximum Gasteiger partial charge on any atom is 0.325 e. The van der Waals surface area contributed by atoms with Crippen molar-refractivity contribution in [3.63, 3.8) is 0 Å². The first-order valence-corrected chi connectivity index (χ1v) is 8.36. The van der Waals surface area contributed by atoms with E-state index >= 15 is 0 Å². The van der Waals surface area contributed by atoms with Crippen molar-refractivity contribution < 1.29 is 14.4 Å². The molecule has 1 aromatic rings. The number of nitrogens with zero attached hydrogens (tertiary/aromatic N) is 1. The minimum absolute atomic E-state index is 0.00165. The van der Waals surface area contributed by atoms with Crippen LogP contribution in [0.2, 0.25) is 5.02 Å². The molecule has 1 aromatic carbocycles. The predicted octanol–water partition coefficient (Wildman–Crippen LogP) is 2.41. The first kappa shape index (κ1) is 18.3. The second-order valence-electron chi connectivity index (χ2n) is 6.18. The van der Waals surface area contributed by atoms with Crippen molar-refractivity contribution in [1.29, 1.82) is 0 Å². The van der Waals surface area contributed by atoms with Crippen LogP contribution in [0.3, 0.4) is 0 Å². The van der Waals surface area contributed by atoms with Crippen LogP contribution in [0.5, 0.6) is 0 Å². The maximum atomic E-state index is 12.7. The van der Waals surface area contributed by atoms with Gasteiger partial charge in [-0.15, -0.1) is 0 Å². The molecule has 7 heteroatoms. The first-order chi connectivity index (χ1) is 11.3. The number of carbonyl (C=O) groups is 3. The van der Waals surface area contributed by atoms with Crippen LogP contribution in [-0.4, -0.2) is 35.3 Å². The molecule has 1 fully saturated rings. The molecule has 0 radical (unpaired) electrons. The predicted molar refractivity (Wildman–Crippen MR) is 91.6 cm³/mol. The quantitative estimate of drug-likeness (QED) is 0.772. The molecule has 0 unspecified atom stereocenters. The maximum absolute atomic E-state index is 12.7. The van der Waals surface area contributed by atoms with Gasteiger partial charge in [-0.3, -0.25) is 14.5 Å².